The molecular weight excluding hydrogens is 316 g/mol. The topological polar surface area (TPSA) is 59.4 Å². The molecule has 2 aliphatic heterocycles. The maximum Gasteiger partial charge on any atom is 0.314 e. The first-order valence-corrected chi connectivity index (χ1v) is 9.36. The van der Waals surface area contributed by atoms with E-state index in [4.69, 9.17) is 4.74 Å². The standard InChI is InChI=1S/C19H30N4O2/c1-4-10-23-15(3)16(12-21-23)13-22-11-7-17-19(14-22,8-6-9-20-17)18(24)25-5-2/h4,12,17,20H,1,5-11,13-14H2,2-3H3/t17-,19+/m1/s1. The van der Waals surface area contributed by atoms with E-state index in [0.29, 0.717) is 6.61 Å². The molecule has 25 heavy (non-hydrogen) atoms. The van der Waals surface area contributed by atoms with Gasteiger partial charge < -0.3 is 10.1 Å². The van der Waals surface area contributed by atoms with Crippen molar-refractivity contribution < 1.29 is 9.53 Å². The lowest BCUT2D eigenvalue weighted by Gasteiger charge is -2.49. The van der Waals surface area contributed by atoms with E-state index in [0.717, 1.165) is 52.0 Å². The summed E-state index contributed by atoms with van der Waals surface area (Å²) < 4.78 is 7.44. The number of carbonyl (C=O) groups is 1. The number of nitrogens with zero attached hydrogens (tertiary/aromatic N) is 3. The number of hydrogen-bond acceptors (Lipinski definition) is 5. The lowest BCUT2D eigenvalue weighted by atomic mass is 9.70. The number of allylic oxidation sites excluding steroid dienone is 1. The van der Waals surface area contributed by atoms with Gasteiger partial charge in [0.1, 0.15) is 0 Å². The molecule has 0 bridgehead atoms. The smallest absolute Gasteiger partial charge is 0.314 e. The predicted octanol–water partition coefficient (Wildman–Crippen LogP) is 1.88. The minimum absolute atomic E-state index is 0.0315. The largest absolute Gasteiger partial charge is 0.465 e. The van der Waals surface area contributed by atoms with Crippen LogP contribution in [0.2, 0.25) is 0 Å². The first kappa shape index (κ1) is 18.1. The van der Waals surface area contributed by atoms with Crippen LogP contribution in [-0.4, -0.2) is 52.9 Å². The summed E-state index contributed by atoms with van der Waals surface area (Å²) in [5, 5.41) is 8.01. The number of fused-ring (bicyclic) bond motifs is 1. The second kappa shape index (κ2) is 7.70. The summed E-state index contributed by atoms with van der Waals surface area (Å²) in [6.07, 6.45) is 6.73. The third-order valence-corrected chi connectivity index (χ3v) is 5.68. The highest BCUT2D eigenvalue weighted by atomic mass is 16.5. The monoisotopic (exact) mass is 346 g/mol. The molecule has 0 unspecified atom stereocenters. The summed E-state index contributed by atoms with van der Waals surface area (Å²) in [7, 11) is 0. The van der Waals surface area contributed by atoms with Crippen molar-refractivity contribution in [1.82, 2.24) is 20.0 Å². The van der Waals surface area contributed by atoms with Crippen molar-refractivity contribution in [3.63, 3.8) is 0 Å². The average Bonchev–Trinajstić information content (AvgIpc) is 2.95. The highest BCUT2D eigenvalue weighted by molar-refractivity contribution is 5.78. The molecule has 2 atom stereocenters. The van der Waals surface area contributed by atoms with E-state index >= 15 is 0 Å². The molecule has 3 heterocycles. The summed E-state index contributed by atoms with van der Waals surface area (Å²) in [6, 6.07) is 0.237. The highest BCUT2D eigenvalue weighted by Crippen LogP contribution is 2.39. The molecule has 0 spiro atoms. The Morgan fingerprint density at radius 1 is 1.60 bits per heavy atom. The Kier molecular flexibility index (Phi) is 5.59. The molecule has 2 saturated heterocycles. The van der Waals surface area contributed by atoms with Crippen molar-refractivity contribution >= 4 is 5.97 Å². The van der Waals surface area contributed by atoms with Crippen molar-refractivity contribution in [3.05, 3.63) is 30.1 Å². The van der Waals surface area contributed by atoms with E-state index in [1.165, 1.54) is 11.3 Å². The Balaban J connectivity index is 1.76. The van der Waals surface area contributed by atoms with E-state index < -0.39 is 5.41 Å². The van der Waals surface area contributed by atoms with Crippen LogP contribution in [0.25, 0.3) is 0 Å². The molecular formula is C19H30N4O2. The molecule has 0 amide bonds. The van der Waals surface area contributed by atoms with Crippen molar-refractivity contribution in [1.29, 1.82) is 0 Å². The van der Waals surface area contributed by atoms with E-state index in [-0.39, 0.29) is 12.0 Å². The highest BCUT2D eigenvalue weighted by Gasteiger charge is 2.51. The molecule has 0 aliphatic carbocycles. The number of rotatable bonds is 6. The molecule has 6 nitrogen and oxygen atoms in total. The zero-order valence-corrected chi connectivity index (χ0v) is 15.5. The van der Waals surface area contributed by atoms with Crippen molar-refractivity contribution in [2.24, 2.45) is 5.41 Å². The van der Waals surface area contributed by atoms with Gasteiger partial charge in [-0.3, -0.25) is 14.4 Å². The molecule has 1 aromatic heterocycles. The molecule has 0 saturated carbocycles. The van der Waals surface area contributed by atoms with Crippen LogP contribution in [0.3, 0.4) is 0 Å². The van der Waals surface area contributed by atoms with E-state index in [2.05, 4.69) is 28.8 Å². The SMILES string of the molecule is C=CCn1ncc(CN2CC[C@H]3NCCC[C@]3(C(=O)OCC)C2)c1C. The van der Waals surface area contributed by atoms with Gasteiger partial charge in [0.25, 0.3) is 0 Å². The second-order valence-corrected chi connectivity index (χ2v) is 7.21. The summed E-state index contributed by atoms with van der Waals surface area (Å²) in [4.78, 5) is 15.2. The predicted molar refractivity (Wildman–Crippen MR) is 97.1 cm³/mol. The normalized spacial score (nSPS) is 26.9. The zero-order valence-electron chi connectivity index (χ0n) is 15.5. The van der Waals surface area contributed by atoms with Crippen LogP contribution in [0.4, 0.5) is 0 Å². The van der Waals surface area contributed by atoms with Crippen LogP contribution in [0.15, 0.2) is 18.9 Å². The fraction of sp³-hybridized carbons (Fsp3) is 0.684. The minimum atomic E-state index is -0.405. The maximum absolute atomic E-state index is 12.8. The fourth-order valence-corrected chi connectivity index (χ4v) is 4.31. The number of nitrogens with one attached hydrogen (secondary N) is 1. The van der Waals surface area contributed by atoms with Gasteiger partial charge in [0.05, 0.1) is 24.8 Å². The van der Waals surface area contributed by atoms with Crippen LogP contribution < -0.4 is 5.32 Å². The van der Waals surface area contributed by atoms with Gasteiger partial charge in [0, 0.05) is 36.9 Å². The Morgan fingerprint density at radius 2 is 2.44 bits per heavy atom. The molecule has 1 aromatic rings. The van der Waals surface area contributed by atoms with Crippen LogP contribution in [0.5, 0.6) is 0 Å². The minimum Gasteiger partial charge on any atom is -0.465 e. The van der Waals surface area contributed by atoms with Gasteiger partial charge in [-0.05, 0) is 39.7 Å². The molecule has 2 fully saturated rings. The third kappa shape index (κ3) is 3.51. The Labute approximate surface area is 150 Å². The number of carbonyl (C=O) groups excluding carboxylic acids is 1. The maximum atomic E-state index is 12.8. The van der Waals surface area contributed by atoms with E-state index in [9.17, 15) is 4.79 Å². The third-order valence-electron chi connectivity index (χ3n) is 5.68. The number of piperidine rings is 2. The molecule has 3 rings (SSSR count). The number of aromatic nitrogens is 2. The quantitative estimate of drug-likeness (QED) is 0.630. The first-order valence-electron chi connectivity index (χ1n) is 9.36. The van der Waals surface area contributed by atoms with Crippen molar-refractivity contribution in [3.8, 4) is 0 Å². The summed E-state index contributed by atoms with van der Waals surface area (Å²) in [5.74, 6) is -0.0315. The Bertz CT molecular complexity index is 627. The molecule has 0 aromatic carbocycles. The number of ether oxygens (including phenoxy) is 1. The molecule has 1 N–H and O–H groups in total. The van der Waals surface area contributed by atoms with Gasteiger partial charge >= 0.3 is 5.97 Å². The molecule has 2 aliphatic rings. The fourth-order valence-electron chi connectivity index (χ4n) is 4.31. The second-order valence-electron chi connectivity index (χ2n) is 7.21. The van der Waals surface area contributed by atoms with E-state index in [1.54, 1.807) is 0 Å². The van der Waals surface area contributed by atoms with Crippen molar-refractivity contribution in [2.75, 3.05) is 26.2 Å². The van der Waals surface area contributed by atoms with Gasteiger partial charge in [0.2, 0.25) is 0 Å². The number of hydrogen-bond donors (Lipinski definition) is 1. The summed E-state index contributed by atoms with van der Waals surface area (Å²) in [6.45, 7) is 12.5. The summed E-state index contributed by atoms with van der Waals surface area (Å²) in [5.41, 5.74) is 1.99. The van der Waals surface area contributed by atoms with Crippen LogP contribution in [0.1, 0.15) is 37.4 Å². The van der Waals surface area contributed by atoms with Crippen molar-refractivity contribution in [2.45, 2.75) is 52.2 Å². The average molecular weight is 346 g/mol. The van der Waals surface area contributed by atoms with Gasteiger partial charge in [0.15, 0.2) is 0 Å². The zero-order chi connectivity index (χ0) is 17.9. The van der Waals surface area contributed by atoms with Crippen LogP contribution in [-0.2, 0) is 22.6 Å². The lowest BCUT2D eigenvalue weighted by molar-refractivity contribution is -0.164. The van der Waals surface area contributed by atoms with Crippen LogP contribution in [0, 0.1) is 12.3 Å². The first-order chi connectivity index (χ1) is 12.1. The Hall–Kier alpha value is -1.66. The Morgan fingerprint density at radius 3 is 3.20 bits per heavy atom. The molecule has 0 radical (unpaired) electrons. The van der Waals surface area contributed by atoms with Crippen LogP contribution >= 0.6 is 0 Å². The van der Waals surface area contributed by atoms with Gasteiger partial charge in [-0.2, -0.15) is 5.10 Å². The molecule has 138 valence electrons. The summed E-state index contributed by atoms with van der Waals surface area (Å²) >= 11 is 0. The van der Waals surface area contributed by atoms with Gasteiger partial charge in [-0.1, -0.05) is 6.08 Å². The number of likely N-dealkylation sites (tertiary alicyclic amines) is 1. The lowest BCUT2D eigenvalue weighted by Crippen LogP contribution is -2.63. The van der Waals surface area contributed by atoms with Gasteiger partial charge in [-0.15, -0.1) is 6.58 Å². The van der Waals surface area contributed by atoms with Gasteiger partial charge in [-0.25, -0.2) is 0 Å². The molecule has 6 heteroatoms. The number of esters is 1. The van der Waals surface area contributed by atoms with E-state index in [1.807, 2.05) is 23.9 Å².